The SMILES string of the molecule is O=C(CC1CNC(C(=O)O)C1)Nc1cccc(C(F)(F)F)c1. The van der Waals surface area contributed by atoms with Crippen LogP contribution in [0.3, 0.4) is 0 Å². The van der Waals surface area contributed by atoms with Gasteiger partial charge in [0.15, 0.2) is 0 Å². The Morgan fingerprint density at radius 2 is 2.09 bits per heavy atom. The molecule has 1 aliphatic rings. The lowest BCUT2D eigenvalue weighted by Gasteiger charge is -2.11. The molecule has 1 saturated heterocycles. The molecule has 1 heterocycles. The zero-order chi connectivity index (χ0) is 16.3. The molecule has 2 atom stereocenters. The zero-order valence-electron chi connectivity index (χ0n) is 11.5. The van der Waals surface area contributed by atoms with Gasteiger partial charge in [-0.25, -0.2) is 0 Å². The van der Waals surface area contributed by atoms with Crippen LogP contribution in [0.15, 0.2) is 24.3 Å². The number of hydrogen-bond donors (Lipinski definition) is 3. The summed E-state index contributed by atoms with van der Waals surface area (Å²) in [6, 6.07) is 3.71. The van der Waals surface area contributed by atoms with E-state index >= 15 is 0 Å². The first-order valence-electron chi connectivity index (χ1n) is 6.69. The Labute approximate surface area is 124 Å². The minimum Gasteiger partial charge on any atom is -0.480 e. The van der Waals surface area contributed by atoms with Gasteiger partial charge in [-0.3, -0.25) is 9.59 Å². The van der Waals surface area contributed by atoms with Gasteiger partial charge in [-0.2, -0.15) is 13.2 Å². The Bertz CT molecular complexity index is 575. The highest BCUT2D eigenvalue weighted by Gasteiger charge is 2.31. The normalized spacial score (nSPS) is 21.6. The number of hydrogen-bond acceptors (Lipinski definition) is 3. The van der Waals surface area contributed by atoms with E-state index in [1.54, 1.807) is 0 Å². The van der Waals surface area contributed by atoms with Crippen LogP contribution in [-0.4, -0.2) is 29.6 Å². The molecule has 0 bridgehead atoms. The molecule has 0 saturated carbocycles. The molecule has 120 valence electrons. The monoisotopic (exact) mass is 316 g/mol. The summed E-state index contributed by atoms with van der Waals surface area (Å²) < 4.78 is 37.7. The summed E-state index contributed by atoms with van der Waals surface area (Å²) in [4.78, 5) is 22.6. The average Bonchev–Trinajstić information content (AvgIpc) is 2.86. The van der Waals surface area contributed by atoms with E-state index in [4.69, 9.17) is 5.11 Å². The highest BCUT2D eigenvalue weighted by molar-refractivity contribution is 5.91. The van der Waals surface area contributed by atoms with Crippen molar-refractivity contribution in [1.29, 1.82) is 0 Å². The first-order valence-corrected chi connectivity index (χ1v) is 6.69. The molecule has 0 spiro atoms. The van der Waals surface area contributed by atoms with Crippen LogP contribution in [0.2, 0.25) is 0 Å². The average molecular weight is 316 g/mol. The number of rotatable bonds is 4. The molecule has 3 N–H and O–H groups in total. The van der Waals surface area contributed by atoms with Crippen molar-refractivity contribution in [3.05, 3.63) is 29.8 Å². The molecule has 8 heteroatoms. The standard InChI is InChI=1S/C14H15F3N2O3/c15-14(16,17)9-2-1-3-10(6-9)19-12(20)5-8-4-11(13(21)22)18-7-8/h1-3,6,8,11,18H,4-5,7H2,(H,19,20)(H,21,22). The molecule has 2 rings (SSSR count). The summed E-state index contributed by atoms with van der Waals surface area (Å²) in [5.41, 5.74) is -0.765. The van der Waals surface area contributed by atoms with Crippen molar-refractivity contribution >= 4 is 17.6 Å². The number of halogens is 3. The van der Waals surface area contributed by atoms with Crippen molar-refractivity contribution < 1.29 is 27.9 Å². The number of aliphatic carboxylic acids is 1. The minimum atomic E-state index is -4.47. The summed E-state index contributed by atoms with van der Waals surface area (Å²) in [6.07, 6.45) is -4.08. The van der Waals surface area contributed by atoms with E-state index in [9.17, 15) is 22.8 Å². The third kappa shape index (κ3) is 4.20. The lowest BCUT2D eigenvalue weighted by atomic mass is 10.0. The lowest BCUT2D eigenvalue weighted by molar-refractivity contribution is -0.139. The van der Waals surface area contributed by atoms with Gasteiger partial charge in [0, 0.05) is 12.1 Å². The second-order valence-corrected chi connectivity index (χ2v) is 5.23. The van der Waals surface area contributed by atoms with Crippen LogP contribution in [0.1, 0.15) is 18.4 Å². The summed E-state index contributed by atoms with van der Waals surface area (Å²) in [5, 5.41) is 14.0. The maximum absolute atomic E-state index is 12.6. The van der Waals surface area contributed by atoms with Crippen LogP contribution in [0.4, 0.5) is 18.9 Å². The van der Waals surface area contributed by atoms with Crippen LogP contribution in [0.25, 0.3) is 0 Å². The number of carboxylic acid groups (broad SMARTS) is 1. The van der Waals surface area contributed by atoms with Crippen molar-refractivity contribution in [2.24, 2.45) is 5.92 Å². The molecule has 1 aliphatic heterocycles. The van der Waals surface area contributed by atoms with Crippen molar-refractivity contribution in [2.45, 2.75) is 25.1 Å². The van der Waals surface area contributed by atoms with Gasteiger partial charge in [-0.1, -0.05) is 6.07 Å². The second kappa shape index (κ2) is 6.35. The largest absolute Gasteiger partial charge is 0.480 e. The number of alkyl halides is 3. The third-order valence-electron chi connectivity index (χ3n) is 3.47. The van der Waals surface area contributed by atoms with Crippen LogP contribution in [0.5, 0.6) is 0 Å². The highest BCUT2D eigenvalue weighted by atomic mass is 19.4. The van der Waals surface area contributed by atoms with Crippen LogP contribution < -0.4 is 10.6 Å². The number of nitrogens with one attached hydrogen (secondary N) is 2. The second-order valence-electron chi connectivity index (χ2n) is 5.23. The Balaban J connectivity index is 1.92. The maximum Gasteiger partial charge on any atom is 0.416 e. The molecule has 1 aromatic carbocycles. The molecule has 2 unspecified atom stereocenters. The molecular weight excluding hydrogens is 301 g/mol. The molecule has 22 heavy (non-hydrogen) atoms. The zero-order valence-corrected chi connectivity index (χ0v) is 11.5. The van der Waals surface area contributed by atoms with Crippen LogP contribution in [-0.2, 0) is 15.8 Å². The van der Waals surface area contributed by atoms with E-state index in [0.717, 1.165) is 12.1 Å². The summed E-state index contributed by atoms with van der Waals surface area (Å²) in [5.74, 6) is -1.55. The lowest BCUT2D eigenvalue weighted by Crippen LogP contribution is -2.29. The van der Waals surface area contributed by atoms with Gasteiger partial charge in [0.25, 0.3) is 0 Å². The predicted octanol–water partition coefficient (Wildman–Crippen LogP) is 2.10. The van der Waals surface area contributed by atoms with E-state index in [2.05, 4.69) is 10.6 Å². The summed E-state index contributed by atoms with van der Waals surface area (Å²) >= 11 is 0. The number of carbonyl (C=O) groups excluding carboxylic acids is 1. The predicted molar refractivity (Wildman–Crippen MR) is 72.2 cm³/mol. The molecule has 1 amide bonds. The van der Waals surface area contributed by atoms with E-state index in [1.165, 1.54) is 12.1 Å². The maximum atomic E-state index is 12.6. The summed E-state index contributed by atoms with van der Waals surface area (Å²) in [6.45, 7) is 0.396. The fourth-order valence-electron chi connectivity index (χ4n) is 2.40. The van der Waals surface area contributed by atoms with Crippen LogP contribution in [0, 0.1) is 5.92 Å². The van der Waals surface area contributed by atoms with E-state index in [0.29, 0.717) is 13.0 Å². The van der Waals surface area contributed by atoms with Gasteiger partial charge in [0.2, 0.25) is 5.91 Å². The van der Waals surface area contributed by atoms with Crippen molar-refractivity contribution in [3.63, 3.8) is 0 Å². The number of carboxylic acids is 1. The first kappa shape index (κ1) is 16.3. The Morgan fingerprint density at radius 3 is 2.68 bits per heavy atom. The number of amides is 1. The minimum absolute atomic E-state index is 0.0625. The Hall–Kier alpha value is -2.09. The van der Waals surface area contributed by atoms with Gasteiger partial charge in [-0.05, 0) is 37.1 Å². The molecule has 5 nitrogen and oxygen atoms in total. The van der Waals surface area contributed by atoms with E-state index < -0.39 is 29.7 Å². The van der Waals surface area contributed by atoms with Crippen molar-refractivity contribution in [1.82, 2.24) is 5.32 Å². The van der Waals surface area contributed by atoms with E-state index in [-0.39, 0.29) is 18.0 Å². The Morgan fingerprint density at radius 1 is 1.36 bits per heavy atom. The molecular formula is C14H15F3N2O3. The molecule has 0 aliphatic carbocycles. The molecule has 1 fully saturated rings. The number of benzene rings is 1. The fraction of sp³-hybridized carbons (Fsp3) is 0.429. The quantitative estimate of drug-likeness (QED) is 0.795. The van der Waals surface area contributed by atoms with Gasteiger partial charge >= 0.3 is 12.1 Å². The van der Waals surface area contributed by atoms with Crippen molar-refractivity contribution in [3.8, 4) is 0 Å². The van der Waals surface area contributed by atoms with Gasteiger partial charge in [0.05, 0.1) is 5.56 Å². The number of carbonyl (C=O) groups is 2. The van der Waals surface area contributed by atoms with Crippen molar-refractivity contribution in [2.75, 3.05) is 11.9 Å². The first-order chi connectivity index (χ1) is 10.3. The Kier molecular flexibility index (Phi) is 4.70. The molecule has 0 aromatic heterocycles. The van der Waals surface area contributed by atoms with Gasteiger partial charge < -0.3 is 15.7 Å². The number of anilines is 1. The molecule has 0 radical (unpaired) electrons. The topological polar surface area (TPSA) is 78.4 Å². The van der Waals surface area contributed by atoms with E-state index in [1.807, 2.05) is 0 Å². The summed E-state index contributed by atoms with van der Waals surface area (Å²) in [7, 11) is 0. The molecule has 1 aromatic rings. The fourth-order valence-corrected chi connectivity index (χ4v) is 2.40. The van der Waals surface area contributed by atoms with Crippen LogP contribution >= 0.6 is 0 Å². The van der Waals surface area contributed by atoms with Gasteiger partial charge in [0.1, 0.15) is 6.04 Å². The third-order valence-corrected chi connectivity index (χ3v) is 3.47. The highest BCUT2D eigenvalue weighted by Crippen LogP contribution is 2.30. The smallest absolute Gasteiger partial charge is 0.416 e. The van der Waals surface area contributed by atoms with Gasteiger partial charge in [-0.15, -0.1) is 0 Å².